The van der Waals surface area contributed by atoms with Crippen molar-refractivity contribution in [2.75, 3.05) is 211 Å². The van der Waals surface area contributed by atoms with Crippen LogP contribution in [-0.4, -0.2) is 211 Å². The van der Waals surface area contributed by atoms with Crippen LogP contribution in [0.2, 0.25) is 0 Å². The zero-order valence-corrected chi connectivity index (χ0v) is 31.7. The first kappa shape index (κ1) is 50.8. The van der Waals surface area contributed by atoms with Gasteiger partial charge in [0.05, 0.1) is 211 Å². The molecule has 0 fully saturated rings. The van der Waals surface area contributed by atoms with Gasteiger partial charge in [-0.15, -0.1) is 13.2 Å². The molecule has 0 amide bonds. The minimum Gasteiger partial charge on any atom is -0.377 e. The quantitative estimate of drug-likeness (QED) is 0.0654. The van der Waals surface area contributed by atoms with Crippen molar-refractivity contribution in [1.29, 1.82) is 0 Å². The number of rotatable bonds is 49. The molecule has 0 unspecified atom stereocenters. The number of hydrogen-bond donors (Lipinski definition) is 0. The predicted octanol–water partition coefficient (Wildman–Crippen LogP) is 1.62. The van der Waals surface area contributed by atoms with Gasteiger partial charge in [-0.05, 0) is 0 Å². The Kier molecular flexibility index (Phi) is 48.7. The fraction of sp³-hybridized carbons (Fsp3) is 0.889. The van der Waals surface area contributed by atoms with E-state index in [1.807, 2.05) is 0 Å². The molecule has 52 heavy (non-hydrogen) atoms. The summed E-state index contributed by atoms with van der Waals surface area (Å²) >= 11 is 0. The van der Waals surface area contributed by atoms with Crippen molar-refractivity contribution in [2.45, 2.75) is 0 Å². The van der Waals surface area contributed by atoms with Gasteiger partial charge in [-0.2, -0.15) is 0 Å². The van der Waals surface area contributed by atoms with Crippen LogP contribution in [0.25, 0.3) is 0 Å². The molecule has 0 aromatic rings. The molecule has 0 aromatic heterocycles. The molecule has 0 bridgehead atoms. The molecule has 0 aliphatic heterocycles. The van der Waals surface area contributed by atoms with Gasteiger partial charge in [-0.3, -0.25) is 0 Å². The molecule has 0 aliphatic carbocycles. The van der Waals surface area contributed by atoms with Crippen LogP contribution in [0, 0.1) is 0 Å². The highest BCUT2D eigenvalue weighted by Crippen LogP contribution is 1.88. The Hall–Kier alpha value is -1.16. The Labute approximate surface area is 312 Å². The highest BCUT2D eigenvalue weighted by molar-refractivity contribution is 4.63. The lowest BCUT2D eigenvalue weighted by Gasteiger charge is -2.09. The van der Waals surface area contributed by atoms with Gasteiger partial charge in [-0.25, -0.2) is 0 Å². The zero-order chi connectivity index (χ0) is 37.4. The molecule has 0 saturated carbocycles. The first-order chi connectivity index (χ1) is 25.9. The van der Waals surface area contributed by atoms with E-state index in [1.165, 1.54) is 0 Å². The standard InChI is InChI=1S/C36H70O16/c1-3-5-37-7-9-39-11-13-41-15-17-43-19-21-45-23-25-47-27-29-49-31-33-51-35-36-52-34-32-50-30-28-48-26-24-46-22-20-44-18-16-42-14-12-40-10-8-38-6-4-2/h3-4H,1-2,5-36H2. The molecule has 0 rings (SSSR count). The lowest BCUT2D eigenvalue weighted by molar-refractivity contribution is -0.0302. The van der Waals surface area contributed by atoms with Gasteiger partial charge in [0.25, 0.3) is 0 Å². The second kappa shape index (κ2) is 49.8. The van der Waals surface area contributed by atoms with Crippen molar-refractivity contribution in [3.05, 3.63) is 25.3 Å². The molecule has 16 nitrogen and oxygen atoms in total. The average molecular weight is 759 g/mol. The van der Waals surface area contributed by atoms with Crippen molar-refractivity contribution in [1.82, 2.24) is 0 Å². The average Bonchev–Trinajstić information content (AvgIpc) is 3.16. The SMILES string of the molecule is C=CCOCCOCCOCCOCCOCCOCCOCCOCCOCCOCCOCCOCCOCCOCCOCCOCC=C. The predicted molar refractivity (Wildman–Crippen MR) is 193 cm³/mol. The van der Waals surface area contributed by atoms with Crippen molar-refractivity contribution in [3.63, 3.8) is 0 Å². The monoisotopic (exact) mass is 758 g/mol. The third-order valence-electron chi connectivity index (χ3n) is 6.05. The van der Waals surface area contributed by atoms with Gasteiger partial charge in [0, 0.05) is 0 Å². The maximum Gasteiger partial charge on any atom is 0.0704 e. The van der Waals surface area contributed by atoms with Crippen LogP contribution in [0.4, 0.5) is 0 Å². The highest BCUT2D eigenvalue weighted by Gasteiger charge is 1.97. The van der Waals surface area contributed by atoms with E-state index >= 15 is 0 Å². The van der Waals surface area contributed by atoms with E-state index < -0.39 is 0 Å². The Morgan fingerprint density at radius 1 is 0.173 bits per heavy atom. The van der Waals surface area contributed by atoms with E-state index in [0.29, 0.717) is 211 Å². The second-order valence-corrected chi connectivity index (χ2v) is 10.3. The van der Waals surface area contributed by atoms with Crippen molar-refractivity contribution in [3.8, 4) is 0 Å². The number of hydrogen-bond acceptors (Lipinski definition) is 16. The van der Waals surface area contributed by atoms with E-state index in [1.54, 1.807) is 12.2 Å². The van der Waals surface area contributed by atoms with Gasteiger partial charge in [0.15, 0.2) is 0 Å². The Bertz CT molecular complexity index is 610. The van der Waals surface area contributed by atoms with Gasteiger partial charge < -0.3 is 75.8 Å². The Morgan fingerprint density at radius 3 is 0.365 bits per heavy atom. The molecule has 0 heterocycles. The molecule has 0 spiro atoms. The summed E-state index contributed by atoms with van der Waals surface area (Å²) in [6.45, 7) is 23.8. The molecule has 0 aromatic carbocycles. The molecule has 0 radical (unpaired) electrons. The van der Waals surface area contributed by atoms with Crippen LogP contribution in [0.5, 0.6) is 0 Å². The summed E-state index contributed by atoms with van der Waals surface area (Å²) in [5.41, 5.74) is 0. The molecular formula is C36H70O16. The van der Waals surface area contributed by atoms with Crippen LogP contribution in [0.1, 0.15) is 0 Å². The van der Waals surface area contributed by atoms with E-state index in [0.717, 1.165) is 0 Å². The summed E-state index contributed by atoms with van der Waals surface area (Å²) in [5, 5.41) is 0. The maximum absolute atomic E-state index is 5.49. The fourth-order valence-electron chi connectivity index (χ4n) is 3.53. The molecule has 310 valence electrons. The van der Waals surface area contributed by atoms with Gasteiger partial charge in [0.1, 0.15) is 0 Å². The van der Waals surface area contributed by atoms with E-state index in [4.69, 9.17) is 75.8 Å². The minimum atomic E-state index is 0.501. The van der Waals surface area contributed by atoms with Crippen molar-refractivity contribution >= 4 is 0 Å². The van der Waals surface area contributed by atoms with Crippen LogP contribution < -0.4 is 0 Å². The topological polar surface area (TPSA) is 148 Å². The van der Waals surface area contributed by atoms with Crippen LogP contribution in [-0.2, 0) is 75.8 Å². The first-order valence-electron chi connectivity index (χ1n) is 18.4. The normalized spacial score (nSPS) is 11.5. The van der Waals surface area contributed by atoms with Crippen LogP contribution in [0.3, 0.4) is 0 Å². The summed E-state index contributed by atoms with van der Waals surface area (Å²) in [6, 6.07) is 0. The van der Waals surface area contributed by atoms with E-state index in [9.17, 15) is 0 Å². The third kappa shape index (κ3) is 48.8. The van der Waals surface area contributed by atoms with Crippen LogP contribution >= 0.6 is 0 Å². The van der Waals surface area contributed by atoms with E-state index in [2.05, 4.69) is 13.2 Å². The highest BCUT2D eigenvalue weighted by atomic mass is 16.6. The molecule has 16 heteroatoms. The lowest BCUT2D eigenvalue weighted by atomic mass is 10.6. The Balaban J connectivity index is 3.05. The number of ether oxygens (including phenoxy) is 16. The largest absolute Gasteiger partial charge is 0.377 e. The second-order valence-electron chi connectivity index (χ2n) is 10.3. The summed E-state index contributed by atoms with van der Waals surface area (Å²) < 4.78 is 86.8. The van der Waals surface area contributed by atoms with Gasteiger partial charge in [0.2, 0.25) is 0 Å². The summed E-state index contributed by atoms with van der Waals surface area (Å²) in [4.78, 5) is 0. The van der Waals surface area contributed by atoms with Crippen molar-refractivity contribution < 1.29 is 75.8 Å². The summed E-state index contributed by atoms with van der Waals surface area (Å²) in [6.07, 6.45) is 3.42. The third-order valence-corrected chi connectivity index (χ3v) is 6.05. The molecule has 0 N–H and O–H groups in total. The van der Waals surface area contributed by atoms with Crippen LogP contribution in [0.15, 0.2) is 25.3 Å². The van der Waals surface area contributed by atoms with Gasteiger partial charge in [-0.1, -0.05) is 12.2 Å². The summed E-state index contributed by atoms with van der Waals surface area (Å²) in [5.74, 6) is 0. The lowest BCUT2D eigenvalue weighted by Crippen LogP contribution is -2.15. The fourth-order valence-corrected chi connectivity index (χ4v) is 3.53. The first-order valence-corrected chi connectivity index (χ1v) is 18.4. The molecule has 0 aliphatic rings. The van der Waals surface area contributed by atoms with Gasteiger partial charge >= 0.3 is 0 Å². The molecule has 0 atom stereocenters. The zero-order valence-electron chi connectivity index (χ0n) is 31.7. The summed E-state index contributed by atoms with van der Waals surface area (Å²) in [7, 11) is 0. The Morgan fingerprint density at radius 2 is 0.269 bits per heavy atom. The maximum atomic E-state index is 5.49. The van der Waals surface area contributed by atoms with Crippen molar-refractivity contribution in [2.24, 2.45) is 0 Å². The smallest absolute Gasteiger partial charge is 0.0704 e. The molecule has 0 saturated heterocycles. The molecular weight excluding hydrogens is 688 g/mol. The minimum absolute atomic E-state index is 0.501. The van der Waals surface area contributed by atoms with E-state index in [-0.39, 0.29) is 0 Å².